The van der Waals surface area contributed by atoms with Gasteiger partial charge in [0.05, 0.1) is 6.04 Å². The molecule has 0 radical (unpaired) electrons. The van der Waals surface area contributed by atoms with Gasteiger partial charge in [0.15, 0.2) is 5.88 Å². The van der Waals surface area contributed by atoms with Gasteiger partial charge in [-0.1, -0.05) is 133 Å². The molecule has 1 N–H and O–H groups in total. The summed E-state index contributed by atoms with van der Waals surface area (Å²) < 4.78 is 6.74. The van der Waals surface area contributed by atoms with Crippen LogP contribution in [-0.4, -0.2) is 0 Å². The lowest BCUT2D eigenvalue weighted by molar-refractivity contribution is 0.150. The van der Waals surface area contributed by atoms with Crippen molar-refractivity contribution >= 4 is 18.5 Å². The third kappa shape index (κ3) is 4.34. The Morgan fingerprint density at radius 1 is 0.600 bits per heavy atom. The van der Waals surface area contributed by atoms with E-state index < -0.39 is 7.92 Å². The van der Waals surface area contributed by atoms with Crippen molar-refractivity contribution in [2.75, 3.05) is 0 Å². The lowest BCUT2D eigenvalue weighted by Crippen LogP contribution is -2.18. The van der Waals surface area contributed by atoms with Crippen molar-refractivity contribution in [3.8, 4) is 0 Å². The van der Waals surface area contributed by atoms with Gasteiger partial charge < -0.3 is 10.1 Å². The summed E-state index contributed by atoms with van der Waals surface area (Å²) in [6.45, 7) is 0. The third-order valence-corrected chi connectivity index (χ3v) is 8.93. The Hall–Kier alpha value is -3.87. The zero-order chi connectivity index (χ0) is 23.5. The van der Waals surface area contributed by atoms with Gasteiger partial charge in [0.1, 0.15) is 6.10 Å². The molecule has 0 bridgehead atoms. The number of rotatable bonds is 5. The highest BCUT2D eigenvalue weighted by molar-refractivity contribution is 7.77. The number of hydrogen-bond acceptors (Lipinski definition) is 2. The average Bonchev–Trinajstić information content (AvgIpc) is 3.59. The number of benzene rings is 4. The van der Waals surface area contributed by atoms with Crippen molar-refractivity contribution < 1.29 is 4.74 Å². The van der Waals surface area contributed by atoms with Gasteiger partial charge in [-0.15, -0.1) is 0 Å². The van der Waals surface area contributed by atoms with Crippen LogP contribution in [0.3, 0.4) is 0 Å². The largest absolute Gasteiger partial charge is 0.468 e. The second kappa shape index (κ2) is 9.78. The van der Waals surface area contributed by atoms with Crippen molar-refractivity contribution in [1.82, 2.24) is 5.32 Å². The molecule has 1 saturated heterocycles. The Kier molecular flexibility index (Phi) is 6.05. The molecule has 4 aromatic rings. The maximum atomic E-state index is 6.74. The third-order valence-electron chi connectivity index (χ3n) is 6.43. The van der Waals surface area contributed by atoms with E-state index in [0.29, 0.717) is 0 Å². The van der Waals surface area contributed by atoms with Gasteiger partial charge in [-0.05, 0) is 41.0 Å². The van der Waals surface area contributed by atoms with Crippen LogP contribution in [0.25, 0.3) is 0 Å². The maximum Gasteiger partial charge on any atom is 0.196 e. The van der Waals surface area contributed by atoms with Crippen LogP contribution in [0.15, 0.2) is 156 Å². The number of allylic oxidation sites excluding steroid dienone is 5. The van der Waals surface area contributed by atoms with Crippen LogP contribution in [0.4, 0.5) is 0 Å². The van der Waals surface area contributed by atoms with Gasteiger partial charge in [0.2, 0.25) is 0 Å². The maximum absolute atomic E-state index is 6.74. The Balaban J connectivity index is 1.43. The molecular weight excluding hydrogens is 445 g/mol. The number of hydrogen-bond donors (Lipinski definition) is 1. The van der Waals surface area contributed by atoms with Crippen LogP contribution >= 0.6 is 7.92 Å². The number of nitrogens with one attached hydrogen (secondary N) is 1. The van der Waals surface area contributed by atoms with Gasteiger partial charge in [-0.25, -0.2) is 0 Å². The zero-order valence-electron chi connectivity index (χ0n) is 19.3. The first kappa shape index (κ1) is 21.6. The van der Waals surface area contributed by atoms with Gasteiger partial charge in [-0.2, -0.15) is 0 Å². The molecule has 1 aliphatic heterocycles. The first-order valence-corrected chi connectivity index (χ1v) is 13.3. The fourth-order valence-electron chi connectivity index (χ4n) is 4.79. The molecule has 2 atom stereocenters. The molecule has 0 amide bonds. The molecule has 0 unspecified atom stereocenters. The van der Waals surface area contributed by atoms with Gasteiger partial charge in [0.25, 0.3) is 0 Å². The van der Waals surface area contributed by atoms with Crippen molar-refractivity contribution in [1.29, 1.82) is 0 Å². The van der Waals surface area contributed by atoms with Crippen molar-refractivity contribution in [3.63, 3.8) is 0 Å². The minimum atomic E-state index is -0.724. The van der Waals surface area contributed by atoms with E-state index in [-0.39, 0.29) is 12.1 Å². The SMILES string of the molecule is C1=C/C(=C2/N[C@@H](c3ccccc3)[C@@H](c3ccccc3)O2)C(P(c2ccccc2)c2ccccc2)=C1. The molecular formula is C32H26NOP. The van der Waals surface area contributed by atoms with Crippen LogP contribution in [0.1, 0.15) is 23.3 Å². The minimum absolute atomic E-state index is 0.0380. The predicted octanol–water partition coefficient (Wildman–Crippen LogP) is 6.89. The Morgan fingerprint density at radius 3 is 1.69 bits per heavy atom. The minimum Gasteiger partial charge on any atom is -0.468 e. The number of ether oxygens (including phenoxy) is 1. The molecule has 1 aliphatic carbocycles. The summed E-state index contributed by atoms with van der Waals surface area (Å²) in [5.74, 6) is 0.854. The van der Waals surface area contributed by atoms with Crippen molar-refractivity contribution in [3.05, 3.63) is 167 Å². The molecule has 1 heterocycles. The van der Waals surface area contributed by atoms with E-state index in [0.717, 1.165) is 11.5 Å². The lowest BCUT2D eigenvalue weighted by atomic mass is 9.97. The Bertz CT molecular complexity index is 1290. The second-order valence-corrected chi connectivity index (χ2v) is 10.8. The zero-order valence-corrected chi connectivity index (χ0v) is 20.2. The standard InChI is InChI=1S/C32H26NOP/c1-5-14-24(15-6-1)30-31(25-16-7-2-8-17-25)34-32(33-30)28-22-13-23-29(28)35(26-18-9-3-10-19-26)27-20-11-4-12-21-27/h1-23,30-31,33H/b32-28+/t30-,31+/m0/s1. The van der Waals surface area contributed by atoms with Gasteiger partial charge >= 0.3 is 0 Å². The molecule has 3 heteroatoms. The van der Waals surface area contributed by atoms with Crippen molar-refractivity contribution in [2.45, 2.75) is 12.1 Å². The lowest BCUT2D eigenvalue weighted by Gasteiger charge is -2.22. The molecule has 0 spiro atoms. The van der Waals surface area contributed by atoms with E-state index in [4.69, 9.17) is 4.74 Å². The smallest absolute Gasteiger partial charge is 0.196 e. The molecule has 6 rings (SSSR count). The van der Waals surface area contributed by atoms with E-state index in [1.807, 2.05) is 0 Å². The van der Waals surface area contributed by atoms with Crippen LogP contribution in [0.5, 0.6) is 0 Å². The fraction of sp³-hybridized carbons (Fsp3) is 0.0625. The quantitative estimate of drug-likeness (QED) is 0.320. The molecule has 0 aromatic heterocycles. The Morgan fingerprint density at radius 2 is 1.11 bits per heavy atom. The topological polar surface area (TPSA) is 21.3 Å². The summed E-state index contributed by atoms with van der Waals surface area (Å²) in [4.78, 5) is 0. The highest BCUT2D eigenvalue weighted by Gasteiger charge is 2.37. The summed E-state index contributed by atoms with van der Waals surface area (Å²) in [5, 5.41) is 7.73. The summed E-state index contributed by atoms with van der Waals surface area (Å²) >= 11 is 0. The molecule has 170 valence electrons. The highest BCUT2D eigenvalue weighted by Crippen LogP contribution is 2.51. The molecule has 2 aliphatic rings. The van der Waals surface area contributed by atoms with E-state index in [9.17, 15) is 0 Å². The normalized spacial score (nSPS) is 21.0. The van der Waals surface area contributed by atoms with Crippen LogP contribution < -0.4 is 15.9 Å². The van der Waals surface area contributed by atoms with E-state index in [2.05, 4.69) is 145 Å². The average molecular weight is 472 g/mol. The highest BCUT2D eigenvalue weighted by atomic mass is 31.1. The second-order valence-electron chi connectivity index (χ2n) is 8.64. The fourth-order valence-corrected chi connectivity index (χ4v) is 7.24. The van der Waals surface area contributed by atoms with Gasteiger partial charge in [0, 0.05) is 5.57 Å². The first-order chi connectivity index (χ1) is 17.4. The summed E-state index contributed by atoms with van der Waals surface area (Å²) in [5.41, 5.74) is 3.53. The summed E-state index contributed by atoms with van der Waals surface area (Å²) in [7, 11) is -0.724. The van der Waals surface area contributed by atoms with E-state index in [1.165, 1.54) is 27.1 Å². The molecule has 1 fully saturated rings. The molecule has 0 saturated carbocycles. The van der Waals surface area contributed by atoms with Crippen molar-refractivity contribution in [2.24, 2.45) is 0 Å². The van der Waals surface area contributed by atoms with E-state index in [1.54, 1.807) is 0 Å². The van der Waals surface area contributed by atoms with Gasteiger partial charge in [-0.3, -0.25) is 0 Å². The molecule has 35 heavy (non-hydrogen) atoms. The van der Waals surface area contributed by atoms with Crippen LogP contribution in [0.2, 0.25) is 0 Å². The monoisotopic (exact) mass is 471 g/mol. The predicted molar refractivity (Wildman–Crippen MR) is 146 cm³/mol. The van der Waals surface area contributed by atoms with Crippen LogP contribution in [-0.2, 0) is 4.74 Å². The Labute approximate surface area is 208 Å². The molecule has 4 aromatic carbocycles. The summed E-state index contributed by atoms with van der Waals surface area (Å²) in [6, 6.07) is 42.8. The molecule has 2 nitrogen and oxygen atoms in total. The van der Waals surface area contributed by atoms with Crippen LogP contribution in [0, 0.1) is 0 Å². The summed E-state index contributed by atoms with van der Waals surface area (Å²) in [6.07, 6.45) is 6.49. The van der Waals surface area contributed by atoms with E-state index >= 15 is 0 Å². The first-order valence-electron chi connectivity index (χ1n) is 11.9.